The fourth-order valence-corrected chi connectivity index (χ4v) is 3.90. The van der Waals surface area contributed by atoms with E-state index in [1.807, 2.05) is 42.5 Å². The minimum absolute atomic E-state index is 0.108. The van der Waals surface area contributed by atoms with E-state index < -0.39 is 5.97 Å². The van der Waals surface area contributed by atoms with Crippen molar-refractivity contribution in [2.24, 2.45) is 0 Å². The third-order valence-corrected chi connectivity index (χ3v) is 5.68. The highest BCUT2D eigenvalue weighted by atomic mass is 16.5. The number of ether oxygens (including phenoxy) is 2. The lowest BCUT2D eigenvalue weighted by atomic mass is 10.0. The fourth-order valence-electron chi connectivity index (χ4n) is 3.90. The molecule has 5 heteroatoms. The molecule has 0 radical (unpaired) electrons. The Balaban J connectivity index is 1.39. The molecular weight excluding hydrogens is 416 g/mol. The molecule has 0 atom stereocenters. The molecule has 0 fully saturated rings. The lowest BCUT2D eigenvalue weighted by Crippen LogP contribution is -2.07. The molecule has 4 aromatic rings. The van der Waals surface area contributed by atoms with Gasteiger partial charge >= 0.3 is 5.97 Å². The van der Waals surface area contributed by atoms with Gasteiger partial charge in [-0.25, -0.2) is 4.79 Å². The molecule has 2 heterocycles. The number of rotatable bonds is 4. The van der Waals surface area contributed by atoms with E-state index >= 15 is 0 Å². The van der Waals surface area contributed by atoms with Crippen molar-refractivity contribution >= 4 is 28.8 Å². The number of hydrogen-bond donors (Lipinski definition) is 0. The first kappa shape index (κ1) is 20.8. The van der Waals surface area contributed by atoms with Crippen LogP contribution in [0.2, 0.25) is 0 Å². The minimum atomic E-state index is -0.615. The summed E-state index contributed by atoms with van der Waals surface area (Å²) in [5.41, 5.74) is 3.86. The number of para-hydroxylation sites is 1. The number of carbonyl (C=O) groups excluding carboxylic acids is 2. The first-order valence-corrected chi connectivity index (χ1v) is 10.8. The van der Waals surface area contributed by atoms with Crippen LogP contribution in [0.4, 0.5) is 0 Å². The Kier molecular flexibility index (Phi) is 5.09. The van der Waals surface area contributed by atoms with Crippen molar-refractivity contribution < 1.29 is 23.5 Å². The van der Waals surface area contributed by atoms with E-state index in [0.29, 0.717) is 28.4 Å². The van der Waals surface area contributed by atoms with Gasteiger partial charge in [-0.05, 0) is 53.8 Å². The lowest BCUT2D eigenvalue weighted by molar-refractivity contribution is 0.0703. The number of hydrogen-bond acceptors (Lipinski definition) is 5. The maximum atomic E-state index is 12.9. The zero-order valence-electron chi connectivity index (χ0n) is 18.5. The maximum absolute atomic E-state index is 12.9. The Hall–Kier alpha value is -4.12. The van der Waals surface area contributed by atoms with Gasteiger partial charge < -0.3 is 13.9 Å². The Morgan fingerprint density at radius 2 is 1.76 bits per heavy atom. The van der Waals surface area contributed by atoms with Crippen LogP contribution in [0.3, 0.4) is 0 Å². The van der Waals surface area contributed by atoms with Crippen molar-refractivity contribution in [1.29, 1.82) is 0 Å². The highest BCUT2D eigenvalue weighted by Crippen LogP contribution is 2.38. The van der Waals surface area contributed by atoms with E-state index in [1.165, 1.54) is 5.56 Å². The molecule has 33 heavy (non-hydrogen) atoms. The summed E-state index contributed by atoms with van der Waals surface area (Å²) in [6.07, 6.45) is 1.73. The van der Waals surface area contributed by atoms with Gasteiger partial charge in [0.15, 0.2) is 5.76 Å². The molecular formula is C28H22O5. The monoisotopic (exact) mass is 438 g/mol. The molecule has 5 nitrogen and oxygen atoms in total. The Morgan fingerprint density at radius 1 is 1.00 bits per heavy atom. The lowest BCUT2D eigenvalue weighted by Gasteiger charge is -2.06. The van der Waals surface area contributed by atoms with Crippen molar-refractivity contribution in [1.82, 2.24) is 0 Å². The second-order valence-electron chi connectivity index (χ2n) is 8.41. The van der Waals surface area contributed by atoms with Crippen molar-refractivity contribution in [3.63, 3.8) is 0 Å². The number of ketones is 1. The van der Waals surface area contributed by atoms with Gasteiger partial charge in [-0.2, -0.15) is 0 Å². The first-order chi connectivity index (χ1) is 15.9. The standard InChI is InChI=1S/C28H22O5/c1-16(2)19-10-8-18(9-11-19)13-24-27(29)26-17(3)12-21(15-23(26)33-24)31-28(30)25-14-20-6-4-5-7-22(20)32-25/h4-16H,1-3H3/b24-13-. The molecule has 0 bridgehead atoms. The van der Waals surface area contributed by atoms with Crippen LogP contribution in [0.1, 0.15) is 57.4 Å². The number of carbonyl (C=O) groups is 2. The predicted octanol–water partition coefficient (Wildman–Crippen LogP) is 6.70. The summed E-state index contributed by atoms with van der Waals surface area (Å²) in [6, 6.07) is 20.2. The van der Waals surface area contributed by atoms with Gasteiger partial charge in [0.05, 0.1) is 5.56 Å². The molecule has 0 amide bonds. The highest BCUT2D eigenvalue weighted by Gasteiger charge is 2.30. The number of benzene rings is 3. The molecule has 0 N–H and O–H groups in total. The van der Waals surface area contributed by atoms with E-state index in [4.69, 9.17) is 13.9 Å². The second-order valence-corrected chi connectivity index (χ2v) is 8.41. The number of fused-ring (bicyclic) bond motifs is 2. The predicted molar refractivity (Wildman–Crippen MR) is 126 cm³/mol. The zero-order chi connectivity index (χ0) is 23.1. The summed E-state index contributed by atoms with van der Waals surface area (Å²) in [7, 11) is 0. The summed E-state index contributed by atoms with van der Waals surface area (Å²) in [5, 5.41) is 0.819. The maximum Gasteiger partial charge on any atom is 0.379 e. The Morgan fingerprint density at radius 3 is 2.48 bits per heavy atom. The van der Waals surface area contributed by atoms with Gasteiger partial charge in [0.25, 0.3) is 0 Å². The summed E-state index contributed by atoms with van der Waals surface area (Å²) < 4.78 is 17.0. The number of aryl methyl sites for hydroxylation is 1. The summed E-state index contributed by atoms with van der Waals surface area (Å²) in [5.74, 6) is 0.637. The second kappa shape index (κ2) is 8.10. The molecule has 1 aliphatic heterocycles. The SMILES string of the molecule is Cc1cc(OC(=O)c2cc3ccccc3o2)cc2c1C(=O)/C(=C/c1ccc(C(C)C)cc1)O2. The molecule has 3 aromatic carbocycles. The number of allylic oxidation sites excluding steroid dienone is 1. The van der Waals surface area contributed by atoms with Gasteiger partial charge in [-0.1, -0.05) is 56.3 Å². The van der Waals surface area contributed by atoms with E-state index in [9.17, 15) is 9.59 Å². The summed E-state index contributed by atoms with van der Waals surface area (Å²) in [6.45, 7) is 6.06. The van der Waals surface area contributed by atoms with Crippen LogP contribution in [0.25, 0.3) is 17.0 Å². The van der Waals surface area contributed by atoms with Crippen LogP contribution in [0, 0.1) is 6.92 Å². The van der Waals surface area contributed by atoms with E-state index in [0.717, 1.165) is 10.9 Å². The third-order valence-electron chi connectivity index (χ3n) is 5.68. The molecule has 164 valence electrons. The molecule has 1 aliphatic rings. The fraction of sp³-hybridized carbons (Fsp3) is 0.143. The number of furan rings is 1. The number of esters is 1. The Labute approximate surface area is 191 Å². The average Bonchev–Trinajstić information content (AvgIpc) is 3.36. The van der Waals surface area contributed by atoms with Crippen LogP contribution >= 0.6 is 0 Å². The van der Waals surface area contributed by atoms with Gasteiger partial charge in [0.2, 0.25) is 11.5 Å². The van der Waals surface area contributed by atoms with Crippen molar-refractivity contribution in [3.05, 3.63) is 101 Å². The molecule has 5 rings (SSSR count). The smallest absolute Gasteiger partial charge is 0.379 e. The van der Waals surface area contributed by atoms with Gasteiger partial charge in [0.1, 0.15) is 17.1 Å². The number of Topliss-reactive ketones (excluding diaryl/α,β-unsaturated/α-hetero) is 1. The van der Waals surface area contributed by atoms with Gasteiger partial charge in [-0.3, -0.25) is 4.79 Å². The van der Waals surface area contributed by atoms with Crippen LogP contribution in [-0.2, 0) is 0 Å². The van der Waals surface area contributed by atoms with Crippen molar-refractivity contribution in [2.45, 2.75) is 26.7 Å². The minimum Gasteiger partial charge on any atom is -0.452 e. The zero-order valence-corrected chi connectivity index (χ0v) is 18.5. The van der Waals surface area contributed by atoms with Crippen LogP contribution in [0.5, 0.6) is 11.5 Å². The van der Waals surface area contributed by atoms with Gasteiger partial charge in [0, 0.05) is 11.5 Å². The average molecular weight is 438 g/mol. The molecule has 0 saturated heterocycles. The Bertz CT molecular complexity index is 1390. The van der Waals surface area contributed by atoms with E-state index in [-0.39, 0.29) is 23.1 Å². The summed E-state index contributed by atoms with van der Waals surface area (Å²) in [4.78, 5) is 25.5. The first-order valence-electron chi connectivity index (χ1n) is 10.8. The molecule has 0 spiro atoms. The van der Waals surface area contributed by atoms with E-state index in [2.05, 4.69) is 13.8 Å². The third kappa shape index (κ3) is 3.94. The quantitative estimate of drug-likeness (QED) is 0.201. The van der Waals surface area contributed by atoms with Crippen LogP contribution in [0.15, 0.2) is 76.9 Å². The molecule has 0 saturated carbocycles. The van der Waals surface area contributed by atoms with Crippen LogP contribution < -0.4 is 9.47 Å². The normalized spacial score (nSPS) is 14.1. The van der Waals surface area contributed by atoms with Crippen LogP contribution in [-0.4, -0.2) is 11.8 Å². The topological polar surface area (TPSA) is 65.7 Å². The van der Waals surface area contributed by atoms with Gasteiger partial charge in [-0.15, -0.1) is 0 Å². The molecule has 0 unspecified atom stereocenters. The summed E-state index contributed by atoms with van der Waals surface area (Å²) >= 11 is 0. The largest absolute Gasteiger partial charge is 0.452 e. The molecule has 0 aliphatic carbocycles. The van der Waals surface area contributed by atoms with Crippen molar-refractivity contribution in [2.75, 3.05) is 0 Å². The highest BCUT2D eigenvalue weighted by molar-refractivity contribution is 6.15. The van der Waals surface area contributed by atoms with E-state index in [1.54, 1.807) is 37.3 Å². The molecule has 1 aromatic heterocycles. The van der Waals surface area contributed by atoms with Crippen molar-refractivity contribution in [3.8, 4) is 11.5 Å².